The molecule has 0 fully saturated rings. The van der Waals surface area contributed by atoms with Crippen LogP contribution in [-0.2, 0) is 6.54 Å². The Morgan fingerprint density at radius 2 is 1.95 bits per heavy atom. The van der Waals surface area contributed by atoms with Gasteiger partial charge in [0.15, 0.2) is 0 Å². The van der Waals surface area contributed by atoms with E-state index in [-0.39, 0.29) is 10.6 Å². The molecule has 0 spiro atoms. The minimum absolute atomic E-state index is 0.109. The van der Waals surface area contributed by atoms with Crippen LogP contribution in [0.3, 0.4) is 0 Å². The van der Waals surface area contributed by atoms with Gasteiger partial charge in [-0.05, 0) is 43.2 Å². The highest BCUT2D eigenvalue weighted by Gasteiger charge is 2.09. The maximum absolute atomic E-state index is 11.0. The summed E-state index contributed by atoms with van der Waals surface area (Å²) in [6.45, 7) is 4.77. The molecule has 0 bridgehead atoms. The zero-order valence-electron chi connectivity index (χ0n) is 11.4. The topological polar surface area (TPSA) is 49.3 Å². The monoisotopic (exact) mass is 289 g/mol. The number of carboxylic acids is 1. The standard InChI is InChI=1S/C16H16ClNO2/c1-10-3-4-12(11(2)7-10)9-18-13-5-6-15(17)14(8-13)16(19)20/h3-8,18H,9H2,1-2H3,(H,19,20). The fourth-order valence-electron chi connectivity index (χ4n) is 2.04. The molecular formula is C16H16ClNO2. The first kappa shape index (κ1) is 14.4. The molecule has 0 saturated carbocycles. The van der Waals surface area contributed by atoms with E-state index in [9.17, 15) is 4.79 Å². The fraction of sp³-hybridized carbons (Fsp3) is 0.188. The maximum Gasteiger partial charge on any atom is 0.337 e. The van der Waals surface area contributed by atoms with Gasteiger partial charge in [-0.3, -0.25) is 0 Å². The van der Waals surface area contributed by atoms with E-state index in [2.05, 4.69) is 37.4 Å². The van der Waals surface area contributed by atoms with E-state index in [1.807, 2.05) is 0 Å². The fourth-order valence-corrected chi connectivity index (χ4v) is 2.24. The Labute approximate surface area is 123 Å². The van der Waals surface area contributed by atoms with Crippen molar-refractivity contribution in [1.29, 1.82) is 0 Å². The van der Waals surface area contributed by atoms with E-state index in [0.717, 1.165) is 5.69 Å². The Balaban J connectivity index is 2.15. The summed E-state index contributed by atoms with van der Waals surface area (Å²) in [5.74, 6) is -1.02. The van der Waals surface area contributed by atoms with Gasteiger partial charge in [0.25, 0.3) is 0 Å². The molecule has 0 heterocycles. The number of aryl methyl sites for hydroxylation is 2. The van der Waals surface area contributed by atoms with Crippen LogP contribution >= 0.6 is 11.6 Å². The molecule has 0 saturated heterocycles. The summed E-state index contributed by atoms with van der Waals surface area (Å²) in [5, 5.41) is 12.5. The van der Waals surface area contributed by atoms with Gasteiger partial charge >= 0.3 is 5.97 Å². The second-order valence-corrected chi connectivity index (χ2v) is 5.19. The smallest absolute Gasteiger partial charge is 0.337 e. The second kappa shape index (κ2) is 5.97. The van der Waals surface area contributed by atoms with Crippen LogP contribution in [-0.4, -0.2) is 11.1 Å². The molecule has 2 aromatic carbocycles. The Hall–Kier alpha value is -2.00. The average Bonchev–Trinajstić information content (AvgIpc) is 2.39. The molecule has 0 atom stereocenters. The van der Waals surface area contributed by atoms with Gasteiger partial charge in [0.05, 0.1) is 10.6 Å². The van der Waals surface area contributed by atoms with Crippen molar-refractivity contribution in [3.63, 3.8) is 0 Å². The predicted molar refractivity (Wildman–Crippen MR) is 81.7 cm³/mol. The van der Waals surface area contributed by atoms with Crippen molar-refractivity contribution >= 4 is 23.3 Å². The summed E-state index contributed by atoms with van der Waals surface area (Å²) in [6.07, 6.45) is 0. The predicted octanol–water partition coefficient (Wildman–Crippen LogP) is 4.27. The van der Waals surface area contributed by atoms with Gasteiger partial charge in [0.2, 0.25) is 0 Å². The van der Waals surface area contributed by atoms with Gasteiger partial charge in [-0.1, -0.05) is 35.4 Å². The van der Waals surface area contributed by atoms with Gasteiger partial charge in [-0.25, -0.2) is 4.79 Å². The highest BCUT2D eigenvalue weighted by Crippen LogP contribution is 2.21. The zero-order valence-corrected chi connectivity index (χ0v) is 12.2. The van der Waals surface area contributed by atoms with Gasteiger partial charge in [-0.15, -0.1) is 0 Å². The number of hydrogen-bond donors (Lipinski definition) is 2. The third kappa shape index (κ3) is 3.31. The minimum atomic E-state index is -1.02. The number of anilines is 1. The van der Waals surface area contributed by atoms with Crippen LogP contribution in [0.4, 0.5) is 5.69 Å². The first-order valence-electron chi connectivity index (χ1n) is 6.30. The lowest BCUT2D eigenvalue weighted by atomic mass is 10.1. The highest BCUT2D eigenvalue weighted by atomic mass is 35.5. The van der Waals surface area contributed by atoms with Crippen LogP contribution < -0.4 is 5.32 Å². The Morgan fingerprint density at radius 1 is 1.20 bits per heavy atom. The number of hydrogen-bond acceptors (Lipinski definition) is 2. The molecule has 0 aliphatic carbocycles. The number of halogens is 1. The van der Waals surface area contributed by atoms with Crippen LogP contribution in [0, 0.1) is 13.8 Å². The third-order valence-corrected chi connectivity index (χ3v) is 3.51. The molecular weight excluding hydrogens is 274 g/mol. The van der Waals surface area contributed by atoms with Crippen molar-refractivity contribution in [2.75, 3.05) is 5.32 Å². The summed E-state index contributed by atoms with van der Waals surface area (Å²) in [7, 11) is 0. The Morgan fingerprint density at radius 3 is 2.60 bits per heavy atom. The van der Waals surface area contributed by atoms with Crippen molar-refractivity contribution in [2.45, 2.75) is 20.4 Å². The van der Waals surface area contributed by atoms with E-state index in [0.29, 0.717) is 6.54 Å². The number of rotatable bonds is 4. The lowest BCUT2D eigenvalue weighted by molar-refractivity contribution is 0.0697. The van der Waals surface area contributed by atoms with E-state index >= 15 is 0 Å². The van der Waals surface area contributed by atoms with Crippen LogP contribution in [0.1, 0.15) is 27.0 Å². The van der Waals surface area contributed by atoms with Gasteiger partial charge < -0.3 is 10.4 Å². The van der Waals surface area contributed by atoms with Crippen molar-refractivity contribution in [2.24, 2.45) is 0 Å². The maximum atomic E-state index is 11.0. The number of nitrogens with one attached hydrogen (secondary N) is 1. The van der Waals surface area contributed by atoms with Crippen molar-refractivity contribution in [1.82, 2.24) is 0 Å². The SMILES string of the molecule is Cc1ccc(CNc2ccc(Cl)c(C(=O)O)c2)c(C)c1. The lowest BCUT2D eigenvalue weighted by Crippen LogP contribution is -2.04. The van der Waals surface area contributed by atoms with Gasteiger partial charge in [0, 0.05) is 12.2 Å². The number of benzene rings is 2. The third-order valence-electron chi connectivity index (χ3n) is 3.18. The quantitative estimate of drug-likeness (QED) is 0.884. The summed E-state index contributed by atoms with van der Waals surface area (Å²) in [4.78, 5) is 11.0. The lowest BCUT2D eigenvalue weighted by Gasteiger charge is -2.11. The molecule has 0 aliphatic heterocycles. The summed E-state index contributed by atoms with van der Waals surface area (Å²) in [5.41, 5.74) is 4.47. The molecule has 0 aromatic heterocycles. The molecule has 4 heteroatoms. The number of aromatic carboxylic acids is 1. The first-order valence-corrected chi connectivity index (χ1v) is 6.68. The molecule has 2 N–H and O–H groups in total. The molecule has 0 unspecified atom stereocenters. The first-order chi connectivity index (χ1) is 9.47. The van der Waals surface area contributed by atoms with E-state index in [1.165, 1.54) is 16.7 Å². The summed E-state index contributed by atoms with van der Waals surface area (Å²) >= 11 is 5.84. The zero-order chi connectivity index (χ0) is 14.7. The molecule has 0 amide bonds. The molecule has 2 rings (SSSR count). The van der Waals surface area contributed by atoms with Crippen molar-refractivity contribution in [3.05, 3.63) is 63.7 Å². The van der Waals surface area contributed by atoms with Crippen LogP contribution in [0.2, 0.25) is 5.02 Å². The average molecular weight is 290 g/mol. The Kier molecular flexibility index (Phi) is 4.30. The normalized spacial score (nSPS) is 10.3. The number of carboxylic acid groups (broad SMARTS) is 1. The van der Waals surface area contributed by atoms with Gasteiger partial charge in [-0.2, -0.15) is 0 Å². The molecule has 0 radical (unpaired) electrons. The summed E-state index contributed by atoms with van der Waals surface area (Å²) in [6, 6.07) is 11.2. The summed E-state index contributed by atoms with van der Waals surface area (Å²) < 4.78 is 0. The molecule has 3 nitrogen and oxygen atoms in total. The Bertz CT molecular complexity index is 653. The highest BCUT2D eigenvalue weighted by molar-refractivity contribution is 6.33. The minimum Gasteiger partial charge on any atom is -0.478 e. The van der Waals surface area contributed by atoms with Crippen LogP contribution in [0.25, 0.3) is 0 Å². The number of carbonyl (C=O) groups is 1. The van der Waals surface area contributed by atoms with Gasteiger partial charge in [0.1, 0.15) is 0 Å². The van der Waals surface area contributed by atoms with Crippen LogP contribution in [0.5, 0.6) is 0 Å². The van der Waals surface area contributed by atoms with Crippen LogP contribution in [0.15, 0.2) is 36.4 Å². The second-order valence-electron chi connectivity index (χ2n) is 4.78. The van der Waals surface area contributed by atoms with E-state index in [4.69, 9.17) is 16.7 Å². The van der Waals surface area contributed by atoms with Crippen molar-refractivity contribution in [3.8, 4) is 0 Å². The van der Waals surface area contributed by atoms with E-state index in [1.54, 1.807) is 18.2 Å². The van der Waals surface area contributed by atoms with E-state index < -0.39 is 5.97 Å². The molecule has 0 aliphatic rings. The molecule has 104 valence electrons. The largest absolute Gasteiger partial charge is 0.478 e. The van der Waals surface area contributed by atoms with Crippen molar-refractivity contribution < 1.29 is 9.90 Å². The molecule has 20 heavy (non-hydrogen) atoms. The molecule has 2 aromatic rings.